The smallest absolute Gasteiger partial charge is 0.254 e. The molecule has 2 saturated heterocycles. The summed E-state index contributed by atoms with van der Waals surface area (Å²) in [6, 6.07) is 5.47. The Morgan fingerprint density at radius 3 is 2.29 bits per heavy atom. The van der Waals surface area contributed by atoms with Gasteiger partial charge in [0.25, 0.3) is 5.91 Å². The maximum atomic E-state index is 13.0. The largest absolute Gasteiger partial charge is 0.368 e. The van der Waals surface area contributed by atoms with Gasteiger partial charge in [-0.15, -0.1) is 12.4 Å². The van der Waals surface area contributed by atoms with Crippen molar-refractivity contribution in [2.45, 2.75) is 37.2 Å². The molecule has 9 heteroatoms. The summed E-state index contributed by atoms with van der Waals surface area (Å²) in [5.74, 6) is -0.0183. The Bertz CT molecular complexity index is 801. The number of carbonyl (C=O) groups excluding carboxylic acids is 1. The highest BCUT2D eigenvalue weighted by Gasteiger charge is 2.43. The molecule has 0 radical (unpaired) electrons. The molecule has 2 fully saturated rings. The second-order valence-corrected chi connectivity index (χ2v) is 9.32. The zero-order valence-corrected chi connectivity index (χ0v) is 18.4. The second kappa shape index (κ2) is 9.09. The van der Waals surface area contributed by atoms with Crippen molar-refractivity contribution in [3.63, 3.8) is 0 Å². The van der Waals surface area contributed by atoms with Gasteiger partial charge in [-0.3, -0.25) is 4.79 Å². The van der Waals surface area contributed by atoms with Crippen molar-refractivity contribution < 1.29 is 17.9 Å². The molecular formula is C19H30ClN3O4S. The summed E-state index contributed by atoms with van der Waals surface area (Å²) < 4.78 is 33.2. The average molecular weight is 432 g/mol. The van der Waals surface area contributed by atoms with Crippen molar-refractivity contribution in [1.82, 2.24) is 14.5 Å². The van der Waals surface area contributed by atoms with E-state index in [-0.39, 0.29) is 18.3 Å². The number of nitrogens with one attached hydrogen (secondary N) is 1. The lowest BCUT2D eigenvalue weighted by Gasteiger charge is -2.41. The normalized spacial score (nSPS) is 20.5. The van der Waals surface area contributed by atoms with Crippen LogP contribution in [0, 0.1) is 13.8 Å². The third kappa shape index (κ3) is 4.36. The topological polar surface area (TPSA) is 79.0 Å². The molecule has 1 N–H and O–H groups in total. The van der Waals surface area contributed by atoms with Crippen molar-refractivity contribution in [3.8, 4) is 0 Å². The van der Waals surface area contributed by atoms with Crippen LogP contribution in [0.25, 0.3) is 0 Å². The van der Waals surface area contributed by atoms with E-state index in [4.69, 9.17) is 4.74 Å². The fourth-order valence-corrected chi connectivity index (χ4v) is 5.61. The Labute approximate surface area is 173 Å². The number of ether oxygens (including phenoxy) is 1. The number of hydrogen-bond acceptors (Lipinski definition) is 5. The molecule has 2 aliphatic rings. The van der Waals surface area contributed by atoms with Gasteiger partial charge in [0.1, 0.15) is 5.60 Å². The van der Waals surface area contributed by atoms with Crippen LogP contribution in [-0.2, 0) is 19.6 Å². The van der Waals surface area contributed by atoms with E-state index in [1.165, 1.54) is 4.31 Å². The third-order valence-corrected chi connectivity index (χ3v) is 7.72. The minimum absolute atomic E-state index is 0. The van der Waals surface area contributed by atoms with Gasteiger partial charge in [-0.25, -0.2) is 8.42 Å². The van der Waals surface area contributed by atoms with E-state index in [0.29, 0.717) is 43.9 Å². The monoisotopic (exact) mass is 431 g/mol. The first-order valence-electron chi connectivity index (χ1n) is 9.43. The summed E-state index contributed by atoms with van der Waals surface area (Å²) in [4.78, 5) is 15.1. The number of sulfonamides is 1. The van der Waals surface area contributed by atoms with Crippen molar-refractivity contribution in [3.05, 3.63) is 29.3 Å². The van der Waals surface area contributed by atoms with Gasteiger partial charge < -0.3 is 15.0 Å². The Balaban J connectivity index is 0.00000280. The Hall–Kier alpha value is -1.19. The van der Waals surface area contributed by atoms with E-state index in [9.17, 15) is 13.2 Å². The molecule has 2 aliphatic heterocycles. The Morgan fingerprint density at radius 1 is 1.11 bits per heavy atom. The summed E-state index contributed by atoms with van der Waals surface area (Å²) in [5.41, 5.74) is 0.882. The van der Waals surface area contributed by atoms with Crippen LogP contribution in [-0.4, -0.2) is 75.5 Å². The van der Waals surface area contributed by atoms with E-state index in [0.717, 1.165) is 24.2 Å². The number of benzene rings is 1. The van der Waals surface area contributed by atoms with E-state index in [1.807, 2.05) is 26.0 Å². The number of piperazine rings is 1. The number of rotatable bonds is 4. The van der Waals surface area contributed by atoms with E-state index < -0.39 is 15.6 Å². The van der Waals surface area contributed by atoms with Crippen molar-refractivity contribution >= 4 is 28.3 Å². The van der Waals surface area contributed by atoms with Gasteiger partial charge in [0.2, 0.25) is 10.0 Å². The quantitative estimate of drug-likeness (QED) is 0.778. The van der Waals surface area contributed by atoms with Gasteiger partial charge >= 0.3 is 0 Å². The molecule has 0 aliphatic carbocycles. The summed E-state index contributed by atoms with van der Waals surface area (Å²) in [6.07, 6.45) is 1.28. The molecule has 0 unspecified atom stereocenters. The first-order valence-corrected chi connectivity index (χ1v) is 10.9. The van der Waals surface area contributed by atoms with Crippen LogP contribution in [0.1, 0.15) is 24.0 Å². The van der Waals surface area contributed by atoms with E-state index >= 15 is 0 Å². The number of halogens is 1. The second-order valence-electron chi connectivity index (χ2n) is 7.41. The zero-order chi connectivity index (χ0) is 19.7. The third-order valence-electron chi connectivity index (χ3n) is 5.68. The van der Waals surface area contributed by atoms with E-state index in [1.54, 1.807) is 18.1 Å². The van der Waals surface area contributed by atoms with Gasteiger partial charge in [0.05, 0.1) is 4.90 Å². The standard InChI is InChI=1S/C19H29N3O4S.ClH/c1-15-4-5-16(2)17(14-15)27(24,25)22-12-10-21(11-13-22)18(23)19(26-3)6-8-20-9-7-19;/h4-5,14,20H,6-13H2,1-3H3;1H. The lowest BCUT2D eigenvalue weighted by atomic mass is 9.90. The highest BCUT2D eigenvalue weighted by atomic mass is 35.5. The summed E-state index contributed by atoms with van der Waals surface area (Å²) in [7, 11) is -1.97. The number of hydrogen-bond donors (Lipinski definition) is 1. The molecule has 1 aromatic carbocycles. The van der Waals surface area contributed by atoms with Gasteiger partial charge in [-0.2, -0.15) is 4.31 Å². The Kier molecular flexibility index (Phi) is 7.50. The van der Waals surface area contributed by atoms with Crippen molar-refractivity contribution in [2.75, 3.05) is 46.4 Å². The fraction of sp³-hybridized carbons (Fsp3) is 0.632. The summed E-state index contributed by atoms with van der Waals surface area (Å²) in [5, 5.41) is 3.25. The molecule has 0 aromatic heterocycles. The van der Waals surface area contributed by atoms with Gasteiger partial charge in [-0.05, 0) is 57.0 Å². The number of nitrogens with zero attached hydrogens (tertiary/aromatic N) is 2. The van der Waals surface area contributed by atoms with Crippen LogP contribution in [0.4, 0.5) is 0 Å². The molecule has 0 saturated carbocycles. The van der Waals surface area contributed by atoms with Crippen molar-refractivity contribution in [1.29, 1.82) is 0 Å². The zero-order valence-electron chi connectivity index (χ0n) is 16.7. The van der Waals surface area contributed by atoms with Crippen LogP contribution in [0.3, 0.4) is 0 Å². The molecule has 7 nitrogen and oxygen atoms in total. The fourth-order valence-electron chi connectivity index (χ4n) is 3.88. The maximum Gasteiger partial charge on any atom is 0.254 e. The average Bonchev–Trinajstić information content (AvgIpc) is 2.69. The van der Waals surface area contributed by atoms with Crippen molar-refractivity contribution in [2.24, 2.45) is 0 Å². The van der Waals surface area contributed by atoms with Gasteiger partial charge in [0, 0.05) is 33.3 Å². The SMILES string of the molecule is COC1(C(=O)N2CCN(S(=O)(=O)c3cc(C)ccc3C)CC2)CCNCC1.Cl. The van der Waals surface area contributed by atoms with Crippen LogP contribution < -0.4 is 5.32 Å². The highest BCUT2D eigenvalue weighted by molar-refractivity contribution is 7.89. The first-order chi connectivity index (χ1) is 12.8. The predicted octanol–water partition coefficient (Wildman–Crippen LogP) is 1.33. The molecule has 158 valence electrons. The molecule has 1 aromatic rings. The molecule has 0 spiro atoms. The molecular weight excluding hydrogens is 402 g/mol. The predicted molar refractivity (Wildman–Crippen MR) is 110 cm³/mol. The van der Waals surface area contributed by atoms with Crippen LogP contribution in [0.15, 0.2) is 23.1 Å². The highest BCUT2D eigenvalue weighted by Crippen LogP contribution is 2.27. The lowest BCUT2D eigenvalue weighted by molar-refractivity contribution is -0.159. The number of aryl methyl sites for hydroxylation is 2. The van der Waals surface area contributed by atoms with Gasteiger partial charge in [0.15, 0.2) is 0 Å². The summed E-state index contributed by atoms with van der Waals surface area (Å²) >= 11 is 0. The van der Waals surface area contributed by atoms with Gasteiger partial charge in [-0.1, -0.05) is 12.1 Å². The molecule has 3 rings (SSSR count). The molecule has 2 heterocycles. The molecule has 0 bridgehead atoms. The first kappa shape index (κ1) is 23.1. The Morgan fingerprint density at radius 2 is 1.71 bits per heavy atom. The van der Waals surface area contributed by atoms with E-state index in [2.05, 4.69) is 5.32 Å². The maximum absolute atomic E-state index is 13.0. The number of methoxy groups -OCH3 is 1. The number of amides is 1. The minimum Gasteiger partial charge on any atom is -0.368 e. The molecule has 0 atom stereocenters. The van der Waals surface area contributed by atoms with Crippen LogP contribution in [0.2, 0.25) is 0 Å². The van der Waals surface area contributed by atoms with Crippen LogP contribution in [0.5, 0.6) is 0 Å². The molecule has 28 heavy (non-hydrogen) atoms. The molecule has 1 amide bonds. The van der Waals surface area contributed by atoms with Crippen LogP contribution >= 0.6 is 12.4 Å². The number of piperidine rings is 1. The summed E-state index contributed by atoms with van der Waals surface area (Å²) in [6.45, 7) is 6.59. The number of carbonyl (C=O) groups is 1. The minimum atomic E-state index is -3.56. The lowest BCUT2D eigenvalue weighted by Crippen LogP contribution is -2.59.